The van der Waals surface area contributed by atoms with Crippen LogP contribution in [0.3, 0.4) is 0 Å². The van der Waals surface area contributed by atoms with E-state index in [-0.39, 0.29) is 0 Å². The minimum Gasteiger partial charge on any atom is -0.327 e. The molecule has 2 unspecified atom stereocenters. The molecule has 1 aliphatic rings. The van der Waals surface area contributed by atoms with Gasteiger partial charge in [0.05, 0.1) is 0 Å². The zero-order chi connectivity index (χ0) is 8.69. The molecule has 1 rings (SSSR count). The van der Waals surface area contributed by atoms with E-state index < -0.39 is 0 Å². The van der Waals surface area contributed by atoms with Crippen LogP contribution in [0.5, 0.6) is 0 Å². The van der Waals surface area contributed by atoms with E-state index in [1.54, 1.807) is 6.08 Å². The van der Waals surface area contributed by atoms with Crippen LogP contribution in [0.4, 0.5) is 0 Å². The third-order valence-corrected chi connectivity index (χ3v) is 2.18. The van der Waals surface area contributed by atoms with Gasteiger partial charge in [0.2, 0.25) is 0 Å². The summed E-state index contributed by atoms with van der Waals surface area (Å²) in [6.07, 6.45) is 7.10. The predicted molar refractivity (Wildman–Crippen MR) is 51.5 cm³/mol. The van der Waals surface area contributed by atoms with E-state index in [9.17, 15) is 0 Å². The molecule has 0 bridgehead atoms. The molecule has 0 aromatic rings. The fourth-order valence-electron chi connectivity index (χ4n) is 1.34. The minimum atomic E-state index is 0.503. The molecule has 1 nitrogen and oxygen atoms in total. The van der Waals surface area contributed by atoms with Crippen molar-refractivity contribution in [2.45, 2.75) is 45.6 Å². The Balaban J connectivity index is 0.000000292. The molecule has 1 fully saturated rings. The van der Waals surface area contributed by atoms with Crippen LogP contribution in [0.1, 0.15) is 39.5 Å². The molecule has 1 aliphatic carbocycles. The lowest BCUT2D eigenvalue weighted by Gasteiger charge is -2.24. The number of hydrogen-bond acceptors (Lipinski definition) is 1. The van der Waals surface area contributed by atoms with E-state index in [1.807, 2.05) is 6.92 Å². The molecule has 0 radical (unpaired) electrons. The highest BCUT2D eigenvalue weighted by Crippen LogP contribution is 2.21. The van der Waals surface area contributed by atoms with Gasteiger partial charge in [0.25, 0.3) is 0 Å². The van der Waals surface area contributed by atoms with Crippen LogP contribution in [-0.2, 0) is 0 Å². The van der Waals surface area contributed by atoms with E-state index in [1.165, 1.54) is 25.7 Å². The fourth-order valence-corrected chi connectivity index (χ4v) is 1.34. The SMILES string of the molecule is C=CC.CC1CCCCC1N. The smallest absolute Gasteiger partial charge is 0.00645 e. The van der Waals surface area contributed by atoms with Crippen molar-refractivity contribution in [3.05, 3.63) is 12.7 Å². The van der Waals surface area contributed by atoms with Crippen molar-refractivity contribution in [2.24, 2.45) is 11.7 Å². The van der Waals surface area contributed by atoms with E-state index in [2.05, 4.69) is 13.5 Å². The van der Waals surface area contributed by atoms with Gasteiger partial charge in [-0.15, -0.1) is 6.58 Å². The maximum Gasteiger partial charge on any atom is 0.00645 e. The Morgan fingerprint density at radius 3 is 2.09 bits per heavy atom. The highest BCUT2D eigenvalue weighted by atomic mass is 14.6. The third kappa shape index (κ3) is 5.02. The summed E-state index contributed by atoms with van der Waals surface area (Å²) in [6, 6.07) is 0.503. The van der Waals surface area contributed by atoms with Crippen molar-refractivity contribution in [2.75, 3.05) is 0 Å². The Kier molecular flexibility index (Phi) is 6.24. The van der Waals surface area contributed by atoms with Crippen LogP contribution in [0.2, 0.25) is 0 Å². The van der Waals surface area contributed by atoms with Crippen molar-refractivity contribution < 1.29 is 0 Å². The molecule has 0 aromatic heterocycles. The number of nitrogens with two attached hydrogens (primary N) is 1. The van der Waals surface area contributed by atoms with Gasteiger partial charge < -0.3 is 5.73 Å². The molecule has 11 heavy (non-hydrogen) atoms. The summed E-state index contributed by atoms with van der Waals surface area (Å²) in [5.41, 5.74) is 5.78. The maximum absolute atomic E-state index is 5.78. The molecular weight excluding hydrogens is 134 g/mol. The molecule has 0 aliphatic heterocycles. The van der Waals surface area contributed by atoms with Crippen molar-refractivity contribution >= 4 is 0 Å². The average Bonchev–Trinajstić information content (AvgIpc) is 1.97. The number of hydrogen-bond donors (Lipinski definition) is 1. The fraction of sp³-hybridized carbons (Fsp3) is 0.800. The summed E-state index contributed by atoms with van der Waals surface area (Å²) < 4.78 is 0. The lowest BCUT2D eigenvalue weighted by Crippen LogP contribution is -2.30. The number of rotatable bonds is 0. The number of allylic oxidation sites excluding steroid dienone is 1. The highest BCUT2D eigenvalue weighted by molar-refractivity contribution is 4.73. The zero-order valence-corrected chi connectivity index (χ0v) is 7.84. The summed E-state index contributed by atoms with van der Waals surface area (Å²) in [5.74, 6) is 0.781. The topological polar surface area (TPSA) is 26.0 Å². The van der Waals surface area contributed by atoms with Gasteiger partial charge in [-0.25, -0.2) is 0 Å². The average molecular weight is 155 g/mol. The molecule has 0 heterocycles. The molecule has 0 saturated heterocycles. The second-order valence-electron chi connectivity index (χ2n) is 3.33. The van der Waals surface area contributed by atoms with Gasteiger partial charge in [-0.3, -0.25) is 0 Å². The largest absolute Gasteiger partial charge is 0.327 e. The summed E-state index contributed by atoms with van der Waals surface area (Å²) in [4.78, 5) is 0. The van der Waals surface area contributed by atoms with Gasteiger partial charge >= 0.3 is 0 Å². The maximum atomic E-state index is 5.78. The normalized spacial score (nSPS) is 30.1. The van der Waals surface area contributed by atoms with E-state index in [0.29, 0.717) is 6.04 Å². The molecule has 66 valence electrons. The van der Waals surface area contributed by atoms with Gasteiger partial charge in [0.15, 0.2) is 0 Å². The first-order valence-electron chi connectivity index (χ1n) is 4.55. The van der Waals surface area contributed by atoms with Crippen LogP contribution >= 0.6 is 0 Å². The first-order valence-corrected chi connectivity index (χ1v) is 4.55. The van der Waals surface area contributed by atoms with Crippen molar-refractivity contribution in [1.82, 2.24) is 0 Å². The monoisotopic (exact) mass is 155 g/mol. The van der Waals surface area contributed by atoms with E-state index >= 15 is 0 Å². The van der Waals surface area contributed by atoms with Crippen LogP contribution in [0, 0.1) is 5.92 Å². The minimum absolute atomic E-state index is 0.503. The molecule has 2 atom stereocenters. The first kappa shape index (κ1) is 10.7. The van der Waals surface area contributed by atoms with Crippen molar-refractivity contribution in [3.63, 3.8) is 0 Å². The van der Waals surface area contributed by atoms with Crippen molar-refractivity contribution in [3.8, 4) is 0 Å². The van der Waals surface area contributed by atoms with Crippen LogP contribution in [-0.4, -0.2) is 6.04 Å². The molecule has 0 spiro atoms. The summed E-state index contributed by atoms with van der Waals surface area (Å²) >= 11 is 0. The molecule has 1 heteroatoms. The quantitative estimate of drug-likeness (QED) is 0.535. The second kappa shape index (κ2) is 6.41. The summed E-state index contributed by atoms with van der Waals surface area (Å²) in [5, 5.41) is 0. The first-order chi connectivity index (χ1) is 5.22. The standard InChI is InChI=1S/C7H15N.C3H6/c1-6-4-2-3-5-7(6)8;1-3-2/h6-7H,2-5,8H2,1H3;3H,1H2,2H3. The third-order valence-electron chi connectivity index (χ3n) is 2.18. The molecule has 1 saturated carbocycles. The van der Waals surface area contributed by atoms with Gasteiger partial charge in [0, 0.05) is 6.04 Å². The van der Waals surface area contributed by atoms with Gasteiger partial charge in [-0.1, -0.05) is 25.8 Å². The zero-order valence-electron chi connectivity index (χ0n) is 7.84. The summed E-state index contributed by atoms with van der Waals surface area (Å²) in [7, 11) is 0. The Morgan fingerprint density at radius 1 is 1.36 bits per heavy atom. The van der Waals surface area contributed by atoms with Crippen molar-refractivity contribution in [1.29, 1.82) is 0 Å². The van der Waals surface area contributed by atoms with Gasteiger partial charge in [-0.2, -0.15) is 0 Å². The van der Waals surface area contributed by atoms with Gasteiger partial charge in [0.1, 0.15) is 0 Å². The van der Waals surface area contributed by atoms with Crippen LogP contribution < -0.4 is 5.73 Å². The Morgan fingerprint density at radius 2 is 1.82 bits per heavy atom. The highest BCUT2D eigenvalue weighted by Gasteiger charge is 2.15. The predicted octanol–water partition coefficient (Wildman–Crippen LogP) is 2.72. The van der Waals surface area contributed by atoms with Gasteiger partial charge in [-0.05, 0) is 25.7 Å². The Labute approximate surface area is 70.7 Å². The second-order valence-corrected chi connectivity index (χ2v) is 3.33. The van der Waals surface area contributed by atoms with Crippen LogP contribution in [0.25, 0.3) is 0 Å². The van der Waals surface area contributed by atoms with E-state index in [0.717, 1.165) is 5.92 Å². The molecule has 0 amide bonds. The lowest BCUT2D eigenvalue weighted by atomic mass is 9.87. The summed E-state index contributed by atoms with van der Waals surface area (Å²) in [6.45, 7) is 7.50. The molecule has 2 N–H and O–H groups in total. The molecule has 0 aromatic carbocycles. The molecular formula is C10H21N. The Bertz CT molecular complexity index is 89.0. The van der Waals surface area contributed by atoms with E-state index in [4.69, 9.17) is 5.73 Å². The Hall–Kier alpha value is -0.300. The lowest BCUT2D eigenvalue weighted by molar-refractivity contribution is 0.331. The van der Waals surface area contributed by atoms with Crippen LogP contribution in [0.15, 0.2) is 12.7 Å².